The topological polar surface area (TPSA) is 265 Å². The number of rotatable bonds is 0. The van der Waals surface area contributed by atoms with E-state index in [0.29, 0.717) is 0 Å². The first-order valence-corrected chi connectivity index (χ1v) is 2.19. The van der Waals surface area contributed by atoms with Gasteiger partial charge >= 0.3 is 26.2 Å². The first-order chi connectivity index (χ1) is 6.93. The van der Waals surface area contributed by atoms with Gasteiger partial charge in [-0.2, -0.15) is 0 Å². The van der Waals surface area contributed by atoms with Gasteiger partial charge in [0.1, 0.15) is 0 Å². The molecule has 18 heavy (non-hydrogen) atoms. The Balaban J connectivity index is -0.0000000257. The minimum Gasteiger partial charge on any atom is -0.356 e. The first-order valence-electron chi connectivity index (χ1n) is 2.19. The molecule has 0 atom stereocenters. The largest absolute Gasteiger partial charge is 4.00 e. The van der Waals surface area contributed by atoms with Crippen molar-refractivity contribution < 1.29 is 46.5 Å². The van der Waals surface area contributed by atoms with E-state index in [9.17, 15) is 0 Å². The molecule has 0 aliphatic carbocycles. The van der Waals surface area contributed by atoms with E-state index < -0.39 is 20.3 Å². The van der Waals surface area contributed by atoms with Crippen molar-refractivity contribution in [3.05, 3.63) is 61.3 Å². The summed E-state index contributed by atoms with van der Waals surface area (Å²) in [5.41, 5.74) is 0. The van der Waals surface area contributed by atoms with Crippen LogP contribution in [0.3, 0.4) is 0 Å². The Bertz CT molecular complexity index is 164. The second-order valence-corrected chi connectivity index (χ2v) is 0.894. The molecule has 0 aliphatic rings. The fourth-order valence-electron chi connectivity index (χ4n) is 0. The van der Waals surface area contributed by atoms with Crippen LogP contribution in [0, 0.1) is 61.3 Å². The van der Waals surface area contributed by atoms with Crippen molar-refractivity contribution in [1.29, 1.82) is 0 Å². The van der Waals surface area contributed by atoms with E-state index in [-0.39, 0.29) is 38.6 Å². The summed E-state index contributed by atoms with van der Waals surface area (Å²) >= 11 is 0. The number of halogens is 1. The van der Waals surface area contributed by atoms with Gasteiger partial charge in [-0.25, -0.2) is 0 Å². The van der Waals surface area contributed by atoms with Gasteiger partial charge in [0, 0.05) is 0 Å². The van der Waals surface area contributed by atoms with Crippen LogP contribution < -0.4 is 0 Å². The van der Waals surface area contributed by atoms with Crippen molar-refractivity contribution in [1.82, 2.24) is 0 Å². The zero-order valence-corrected chi connectivity index (χ0v) is 10.9. The standard InChI is InChI=1S/ClH.4NO3.Zr/c;4*2-1(3)4;/h1H;;;;;/q;4*-1;+4. The van der Waals surface area contributed by atoms with Crippen LogP contribution >= 0.6 is 12.4 Å². The Morgan fingerprint density at radius 3 is 0.444 bits per heavy atom. The molecule has 0 heterocycles. The summed E-state index contributed by atoms with van der Waals surface area (Å²) in [4.78, 5) is 33.0. The summed E-state index contributed by atoms with van der Waals surface area (Å²) in [6, 6.07) is 0. The van der Waals surface area contributed by atoms with Crippen molar-refractivity contribution in [2.45, 2.75) is 0 Å². The van der Waals surface area contributed by atoms with Crippen molar-refractivity contribution in [2.75, 3.05) is 0 Å². The Morgan fingerprint density at radius 2 is 0.444 bits per heavy atom. The predicted molar refractivity (Wildman–Crippen MR) is 48.7 cm³/mol. The smallest absolute Gasteiger partial charge is 0.356 e. The Labute approximate surface area is 120 Å². The fraction of sp³-hybridized carbons (Fsp3) is 0. The quantitative estimate of drug-likeness (QED) is 0.381. The summed E-state index contributed by atoms with van der Waals surface area (Å²) < 4.78 is 0. The Kier molecular flexibility index (Phi) is 58.8. The molecule has 0 saturated carbocycles. The molecule has 0 unspecified atom stereocenters. The number of nitrogens with zero attached hydrogens (tertiary/aromatic N) is 4. The second kappa shape index (κ2) is 29.4. The van der Waals surface area contributed by atoms with Crippen LogP contribution in [0.2, 0.25) is 0 Å². The van der Waals surface area contributed by atoms with Gasteiger partial charge in [-0.1, -0.05) is 0 Å². The molecule has 0 fully saturated rings. The monoisotopic (exact) mass is 374 g/mol. The van der Waals surface area contributed by atoms with Crippen molar-refractivity contribution >= 4 is 12.4 Å². The molecule has 0 bridgehead atoms. The molecule has 0 aromatic rings. The van der Waals surface area contributed by atoms with Gasteiger partial charge < -0.3 is 61.3 Å². The third kappa shape index (κ3) is 572. The number of hydrogen-bond donors (Lipinski definition) is 0. The van der Waals surface area contributed by atoms with Crippen molar-refractivity contribution in [2.24, 2.45) is 0 Å². The molecule has 0 spiro atoms. The summed E-state index contributed by atoms with van der Waals surface area (Å²) in [6.07, 6.45) is 0. The molecule has 0 saturated heterocycles. The molecular weight excluding hydrogens is 375 g/mol. The number of hydrogen-bond acceptors (Lipinski definition) is 12. The van der Waals surface area contributed by atoms with Crippen LogP contribution in [0.1, 0.15) is 0 Å². The van der Waals surface area contributed by atoms with E-state index in [0.717, 1.165) is 0 Å². The van der Waals surface area contributed by atoms with E-state index in [4.69, 9.17) is 61.3 Å². The average molecular weight is 376 g/mol. The summed E-state index contributed by atoms with van der Waals surface area (Å²) in [5, 5.41) is 59.0. The normalized spacial score (nSPS) is 5.33. The van der Waals surface area contributed by atoms with Gasteiger partial charge in [-0.15, -0.1) is 12.4 Å². The van der Waals surface area contributed by atoms with E-state index in [1.54, 1.807) is 0 Å². The van der Waals surface area contributed by atoms with Crippen LogP contribution in [0.25, 0.3) is 0 Å². The maximum absolute atomic E-state index is 8.25. The molecule has 18 heteroatoms. The fourth-order valence-corrected chi connectivity index (χ4v) is 0. The van der Waals surface area contributed by atoms with Crippen molar-refractivity contribution in [3.8, 4) is 0 Å². The molecular formula is HClN4O12Zr. The summed E-state index contributed by atoms with van der Waals surface area (Å²) in [6.45, 7) is 0. The van der Waals surface area contributed by atoms with Gasteiger partial charge in [0.15, 0.2) is 0 Å². The van der Waals surface area contributed by atoms with Crippen LogP contribution in [0.5, 0.6) is 0 Å². The van der Waals surface area contributed by atoms with E-state index >= 15 is 0 Å². The third-order valence-electron chi connectivity index (χ3n) is 0. The zero-order valence-electron chi connectivity index (χ0n) is 7.60. The van der Waals surface area contributed by atoms with E-state index in [1.807, 2.05) is 0 Å². The molecule has 0 rings (SSSR count). The van der Waals surface area contributed by atoms with E-state index in [2.05, 4.69) is 0 Å². The van der Waals surface area contributed by atoms with Gasteiger partial charge in [-0.3, -0.25) is 0 Å². The van der Waals surface area contributed by atoms with Crippen LogP contribution in [0.15, 0.2) is 0 Å². The molecule has 0 N–H and O–H groups in total. The van der Waals surface area contributed by atoms with Crippen molar-refractivity contribution in [3.63, 3.8) is 0 Å². The minimum absolute atomic E-state index is 0. The molecule has 0 amide bonds. The van der Waals surface area contributed by atoms with Gasteiger partial charge in [0.25, 0.3) is 0 Å². The van der Waals surface area contributed by atoms with Crippen LogP contribution in [0.4, 0.5) is 0 Å². The van der Waals surface area contributed by atoms with E-state index in [1.165, 1.54) is 0 Å². The molecule has 16 nitrogen and oxygen atoms in total. The molecule has 0 radical (unpaired) electrons. The minimum atomic E-state index is -1.75. The van der Waals surface area contributed by atoms with Gasteiger partial charge in [-0.05, 0) is 0 Å². The summed E-state index contributed by atoms with van der Waals surface area (Å²) in [7, 11) is 0. The van der Waals surface area contributed by atoms with Gasteiger partial charge in [0.2, 0.25) is 0 Å². The maximum atomic E-state index is 8.25. The first kappa shape index (κ1) is 36.0. The third-order valence-corrected chi connectivity index (χ3v) is 0. The molecule has 0 aromatic carbocycles. The summed E-state index contributed by atoms with van der Waals surface area (Å²) in [5.74, 6) is 0. The van der Waals surface area contributed by atoms with Crippen LogP contribution in [-0.2, 0) is 26.2 Å². The molecule has 0 aliphatic heterocycles. The second-order valence-electron chi connectivity index (χ2n) is 0.894. The Morgan fingerprint density at radius 1 is 0.444 bits per heavy atom. The van der Waals surface area contributed by atoms with Crippen LogP contribution in [-0.4, -0.2) is 20.3 Å². The predicted octanol–water partition coefficient (Wildman–Crippen LogP) is -0.537. The molecule has 0 aromatic heterocycles. The SMILES string of the molecule is Cl.O=[N+]([O-])[O-].O=[N+]([O-])[O-].O=[N+]([O-])[O-].O=[N+]([O-])[O-].[Zr+4]. The Hall–Kier alpha value is -2.03. The average Bonchev–Trinajstić information content (AvgIpc) is 1.76. The molecule has 104 valence electrons. The maximum Gasteiger partial charge on any atom is 4.00 e. The van der Waals surface area contributed by atoms with Gasteiger partial charge in [0.05, 0.1) is 20.3 Å². The zero-order chi connectivity index (χ0) is 14.3.